The van der Waals surface area contributed by atoms with E-state index < -0.39 is 5.97 Å². The maximum Gasteiger partial charge on any atom is 0.336 e. The monoisotopic (exact) mass is 339 g/mol. The molecule has 1 heterocycles. The summed E-state index contributed by atoms with van der Waals surface area (Å²) in [5.74, 6) is -0.875. The zero-order chi connectivity index (χ0) is 17.8. The topological polar surface area (TPSA) is 49.8 Å². The molecule has 0 atom stereocenters. The molecule has 4 heteroatoms. The molecule has 2 aromatic carbocycles. The zero-order valence-corrected chi connectivity index (χ0v) is 14.9. The van der Waals surface area contributed by atoms with Crippen molar-refractivity contribution in [2.45, 2.75) is 32.7 Å². The highest BCUT2D eigenvalue weighted by Crippen LogP contribution is 2.33. The van der Waals surface area contributed by atoms with Gasteiger partial charge in [-0.2, -0.15) is 0 Å². The second-order valence-corrected chi connectivity index (χ2v) is 6.47. The van der Waals surface area contributed by atoms with Crippen molar-refractivity contribution in [1.29, 1.82) is 0 Å². The fourth-order valence-corrected chi connectivity index (χ4v) is 3.64. The van der Waals surface area contributed by atoms with E-state index in [0.717, 1.165) is 55.0 Å². The van der Waals surface area contributed by atoms with Gasteiger partial charge >= 0.3 is 5.97 Å². The third-order valence-electron chi connectivity index (χ3n) is 5.00. The van der Waals surface area contributed by atoms with Crippen molar-refractivity contribution < 1.29 is 14.6 Å². The summed E-state index contributed by atoms with van der Waals surface area (Å²) in [6, 6.07) is 14.3. The maximum absolute atomic E-state index is 11.8. The summed E-state index contributed by atoms with van der Waals surface area (Å²) in [4.78, 5) is 14.2. The Hall–Kier alpha value is -2.33. The van der Waals surface area contributed by atoms with E-state index in [1.807, 2.05) is 37.3 Å². The fourth-order valence-electron chi connectivity index (χ4n) is 3.64. The van der Waals surface area contributed by atoms with E-state index in [9.17, 15) is 9.90 Å². The van der Waals surface area contributed by atoms with Gasteiger partial charge in [-0.25, -0.2) is 4.79 Å². The summed E-state index contributed by atoms with van der Waals surface area (Å²) in [5, 5.41) is 9.69. The summed E-state index contributed by atoms with van der Waals surface area (Å²) in [6.45, 7) is 6.43. The van der Waals surface area contributed by atoms with Crippen LogP contribution in [0.3, 0.4) is 0 Å². The number of benzene rings is 2. The van der Waals surface area contributed by atoms with Crippen molar-refractivity contribution in [3.63, 3.8) is 0 Å². The molecule has 4 nitrogen and oxygen atoms in total. The van der Waals surface area contributed by atoms with Crippen LogP contribution in [0.15, 0.2) is 42.5 Å². The third kappa shape index (κ3) is 3.69. The number of ether oxygens (including phenoxy) is 1. The standard InChI is InChI=1S/C21H25NO3/c1-3-22(18-9-11-25-12-10-18)20-14-17(16-7-5-4-6-8-16)13-19(15(20)2)21(23)24/h4-8,13-14,18H,3,9-12H2,1-2H3,(H,23,24). The molecule has 0 spiro atoms. The number of hydrogen-bond donors (Lipinski definition) is 1. The minimum absolute atomic E-state index is 0.377. The van der Waals surface area contributed by atoms with Gasteiger partial charge in [0.25, 0.3) is 0 Å². The first-order chi connectivity index (χ1) is 12.1. The summed E-state index contributed by atoms with van der Waals surface area (Å²) < 4.78 is 5.49. The normalized spacial score (nSPS) is 15.1. The van der Waals surface area contributed by atoms with E-state index in [1.165, 1.54) is 0 Å². The van der Waals surface area contributed by atoms with Crippen LogP contribution in [0.25, 0.3) is 11.1 Å². The summed E-state index contributed by atoms with van der Waals surface area (Å²) in [7, 11) is 0. The predicted octanol–water partition coefficient (Wildman–Crippen LogP) is 4.37. The van der Waals surface area contributed by atoms with Crippen LogP contribution >= 0.6 is 0 Å². The molecular weight excluding hydrogens is 314 g/mol. The Kier molecular flexibility index (Phi) is 5.39. The van der Waals surface area contributed by atoms with E-state index in [1.54, 1.807) is 6.07 Å². The molecule has 0 radical (unpaired) electrons. The van der Waals surface area contributed by atoms with Gasteiger partial charge in [0.1, 0.15) is 0 Å². The fraction of sp³-hybridized carbons (Fsp3) is 0.381. The second kappa shape index (κ2) is 7.70. The van der Waals surface area contributed by atoms with Gasteiger partial charge in [0, 0.05) is 31.5 Å². The Morgan fingerprint density at radius 3 is 2.44 bits per heavy atom. The van der Waals surface area contributed by atoms with Gasteiger partial charge in [-0.3, -0.25) is 0 Å². The molecule has 0 aliphatic carbocycles. The van der Waals surface area contributed by atoms with Gasteiger partial charge in [-0.15, -0.1) is 0 Å². The van der Waals surface area contributed by atoms with Crippen LogP contribution in [0.5, 0.6) is 0 Å². The molecular formula is C21H25NO3. The molecule has 1 aliphatic rings. The first-order valence-electron chi connectivity index (χ1n) is 8.89. The lowest BCUT2D eigenvalue weighted by atomic mass is 9.95. The van der Waals surface area contributed by atoms with Crippen molar-refractivity contribution in [2.24, 2.45) is 0 Å². The minimum atomic E-state index is -0.875. The largest absolute Gasteiger partial charge is 0.478 e. The smallest absolute Gasteiger partial charge is 0.336 e. The van der Waals surface area contributed by atoms with Gasteiger partial charge in [-0.1, -0.05) is 30.3 Å². The molecule has 0 bridgehead atoms. The SMILES string of the molecule is CCN(c1cc(-c2ccccc2)cc(C(=O)O)c1C)C1CCOCC1. The Labute approximate surface area is 149 Å². The molecule has 25 heavy (non-hydrogen) atoms. The Balaban J connectivity index is 2.10. The van der Waals surface area contributed by atoms with Gasteiger partial charge in [0.05, 0.1) is 5.56 Å². The van der Waals surface area contributed by atoms with Crippen LogP contribution in [-0.4, -0.2) is 36.9 Å². The second-order valence-electron chi connectivity index (χ2n) is 6.47. The highest BCUT2D eigenvalue weighted by atomic mass is 16.5. The van der Waals surface area contributed by atoms with E-state index in [-0.39, 0.29) is 0 Å². The van der Waals surface area contributed by atoms with Crippen molar-refractivity contribution in [2.75, 3.05) is 24.7 Å². The zero-order valence-electron chi connectivity index (χ0n) is 14.9. The van der Waals surface area contributed by atoms with Gasteiger partial charge < -0.3 is 14.7 Å². The van der Waals surface area contributed by atoms with Crippen LogP contribution in [0.4, 0.5) is 5.69 Å². The quantitative estimate of drug-likeness (QED) is 0.879. The number of anilines is 1. The van der Waals surface area contributed by atoms with Crippen LogP contribution in [0, 0.1) is 6.92 Å². The molecule has 1 N–H and O–H groups in total. The lowest BCUT2D eigenvalue weighted by molar-refractivity contribution is 0.0695. The molecule has 2 aromatic rings. The lowest BCUT2D eigenvalue weighted by Gasteiger charge is -2.36. The summed E-state index contributed by atoms with van der Waals surface area (Å²) in [6.07, 6.45) is 1.95. The number of nitrogens with zero attached hydrogens (tertiary/aromatic N) is 1. The number of carbonyl (C=O) groups is 1. The van der Waals surface area contributed by atoms with Gasteiger partial charge in [0.15, 0.2) is 0 Å². The van der Waals surface area contributed by atoms with Crippen molar-refractivity contribution in [3.05, 3.63) is 53.6 Å². The highest BCUT2D eigenvalue weighted by molar-refractivity contribution is 5.94. The van der Waals surface area contributed by atoms with E-state index in [2.05, 4.69) is 17.9 Å². The van der Waals surface area contributed by atoms with E-state index in [0.29, 0.717) is 11.6 Å². The maximum atomic E-state index is 11.8. The first-order valence-corrected chi connectivity index (χ1v) is 8.89. The number of carboxylic acid groups (broad SMARTS) is 1. The first kappa shape index (κ1) is 17.5. The highest BCUT2D eigenvalue weighted by Gasteiger charge is 2.24. The van der Waals surface area contributed by atoms with Crippen LogP contribution < -0.4 is 4.90 Å². The number of carboxylic acids is 1. The Morgan fingerprint density at radius 2 is 1.84 bits per heavy atom. The molecule has 3 rings (SSSR count). The predicted molar refractivity (Wildman–Crippen MR) is 100 cm³/mol. The lowest BCUT2D eigenvalue weighted by Crippen LogP contribution is -2.40. The van der Waals surface area contributed by atoms with Crippen LogP contribution in [0.2, 0.25) is 0 Å². The van der Waals surface area contributed by atoms with Crippen molar-refractivity contribution >= 4 is 11.7 Å². The molecule has 1 fully saturated rings. The molecule has 0 saturated carbocycles. The van der Waals surface area contributed by atoms with Crippen molar-refractivity contribution in [3.8, 4) is 11.1 Å². The molecule has 1 saturated heterocycles. The van der Waals surface area contributed by atoms with Gasteiger partial charge in [0.2, 0.25) is 0 Å². The molecule has 0 amide bonds. The molecule has 0 aromatic heterocycles. The molecule has 0 unspecified atom stereocenters. The molecule has 132 valence electrons. The number of hydrogen-bond acceptors (Lipinski definition) is 3. The molecule has 1 aliphatic heterocycles. The van der Waals surface area contributed by atoms with Crippen LogP contribution in [-0.2, 0) is 4.74 Å². The summed E-state index contributed by atoms with van der Waals surface area (Å²) in [5.41, 5.74) is 4.22. The van der Waals surface area contributed by atoms with Crippen molar-refractivity contribution in [1.82, 2.24) is 0 Å². The van der Waals surface area contributed by atoms with E-state index in [4.69, 9.17) is 4.74 Å². The van der Waals surface area contributed by atoms with Crippen LogP contribution in [0.1, 0.15) is 35.7 Å². The number of rotatable bonds is 5. The minimum Gasteiger partial charge on any atom is -0.478 e. The average Bonchev–Trinajstić information content (AvgIpc) is 2.65. The Morgan fingerprint density at radius 1 is 1.16 bits per heavy atom. The van der Waals surface area contributed by atoms with Gasteiger partial charge in [-0.05, 0) is 55.5 Å². The summed E-state index contributed by atoms with van der Waals surface area (Å²) >= 11 is 0. The van der Waals surface area contributed by atoms with E-state index >= 15 is 0 Å². The average molecular weight is 339 g/mol. The number of aromatic carboxylic acids is 1. The third-order valence-corrected chi connectivity index (χ3v) is 5.00. The Bertz CT molecular complexity index is 736.